The van der Waals surface area contributed by atoms with E-state index in [2.05, 4.69) is 0 Å². The molecule has 0 spiro atoms. The Labute approximate surface area is 258 Å². The molecule has 0 fully saturated rings. The van der Waals surface area contributed by atoms with Crippen LogP contribution in [-0.2, 0) is 28.8 Å². The number of ketones is 6. The van der Waals surface area contributed by atoms with E-state index in [9.17, 15) is 28.8 Å². The van der Waals surface area contributed by atoms with Crippen LogP contribution in [0.15, 0.2) is 0 Å². The van der Waals surface area contributed by atoms with Gasteiger partial charge in [-0.05, 0) is 0 Å². The number of hydrogen-bond donors (Lipinski definition) is 0. The van der Waals surface area contributed by atoms with Gasteiger partial charge in [0.25, 0.3) is 0 Å². The van der Waals surface area contributed by atoms with Crippen LogP contribution in [0.3, 0.4) is 0 Å². The van der Waals surface area contributed by atoms with Crippen molar-refractivity contribution in [2.45, 2.75) is 129 Å². The zero-order chi connectivity index (χ0) is 32.3. The van der Waals surface area contributed by atoms with Gasteiger partial charge >= 0.3 is 260 Å². The van der Waals surface area contributed by atoms with Gasteiger partial charge in [-0.2, -0.15) is 0 Å². The summed E-state index contributed by atoms with van der Waals surface area (Å²) < 4.78 is 1.78. The predicted molar refractivity (Wildman–Crippen MR) is 158 cm³/mol. The van der Waals surface area contributed by atoms with E-state index in [0.717, 1.165) is 0 Å². The standard InChI is InChI=1S/3C11H19O2.Pr/c3*1-10(2,3)8(12)7-9(13)11(4,5)6;/h3*1,7H2,2-6H3;. The molecule has 0 heterocycles. The van der Waals surface area contributed by atoms with Crippen LogP contribution in [0, 0.1) is 67.5 Å². The number of carbonyl (C=O) groups is 6. The molecular weight excluding hydrogens is 633 g/mol. The molecule has 0 atom stereocenters. The van der Waals surface area contributed by atoms with Gasteiger partial charge in [0.05, 0.1) is 0 Å². The van der Waals surface area contributed by atoms with Gasteiger partial charge in [0, 0.05) is 0 Å². The third-order valence-corrected chi connectivity index (χ3v) is 23.5. The molecule has 0 amide bonds. The Balaban J connectivity index is 6.21. The Kier molecular flexibility index (Phi) is 13.6. The molecule has 0 saturated heterocycles. The van der Waals surface area contributed by atoms with Crippen LogP contribution in [0.2, 0.25) is 6.01 Å². The monoisotopic (exact) mass is 690 g/mol. The van der Waals surface area contributed by atoms with E-state index < -0.39 is 67.5 Å². The Bertz CT molecular complexity index is 865. The van der Waals surface area contributed by atoms with E-state index in [1.165, 1.54) is 0 Å². The van der Waals surface area contributed by atoms with Crippen molar-refractivity contribution in [3.63, 3.8) is 0 Å². The third kappa shape index (κ3) is 12.7. The molecule has 0 aliphatic carbocycles. The molecule has 0 unspecified atom stereocenters. The van der Waals surface area contributed by atoms with Crippen molar-refractivity contribution in [1.29, 1.82) is 0 Å². The van der Waals surface area contributed by atoms with Crippen LogP contribution in [-0.4, -0.2) is 34.7 Å². The summed E-state index contributed by atoms with van der Waals surface area (Å²) in [5.74, 6) is -0.659. The van der Waals surface area contributed by atoms with Crippen molar-refractivity contribution in [3.8, 4) is 0 Å². The summed E-state index contributed by atoms with van der Waals surface area (Å²) in [6.45, 7) is 27.5. The summed E-state index contributed by atoms with van der Waals surface area (Å²) in [4.78, 5) is 78.0. The second-order valence-electron chi connectivity index (χ2n) is 16.9. The molecule has 0 aromatic rings. The van der Waals surface area contributed by atoms with Crippen molar-refractivity contribution in [1.82, 2.24) is 0 Å². The summed E-state index contributed by atoms with van der Waals surface area (Å²) in [6, 6.07) is 0. The molecule has 0 aliphatic rings. The Morgan fingerprint density at radius 1 is 0.350 bits per heavy atom. The van der Waals surface area contributed by atoms with Crippen LogP contribution in [0.4, 0.5) is 0 Å². The van der Waals surface area contributed by atoms with Gasteiger partial charge in [-0.1, -0.05) is 0 Å². The summed E-state index contributed by atoms with van der Waals surface area (Å²) in [5.41, 5.74) is -4.15. The van der Waals surface area contributed by atoms with Crippen LogP contribution < -0.4 is 0 Å². The summed E-state index contributed by atoms with van der Waals surface area (Å²) in [6.07, 6.45) is -0.411. The Morgan fingerprint density at radius 3 is 0.675 bits per heavy atom. The Morgan fingerprint density at radius 2 is 0.525 bits per heavy atom. The number of carbonyl (C=O) groups excluding carboxylic acids is 6. The molecule has 7 heteroatoms. The first-order chi connectivity index (χ1) is 17.4. The number of hydrogen-bond acceptors (Lipinski definition) is 6. The van der Waals surface area contributed by atoms with Gasteiger partial charge < -0.3 is 0 Å². The fourth-order valence-electron chi connectivity index (χ4n) is 4.67. The predicted octanol–water partition coefficient (Wildman–Crippen LogP) is 7.66. The molecule has 0 rings (SSSR count). The van der Waals surface area contributed by atoms with Crippen molar-refractivity contribution in [3.05, 3.63) is 0 Å². The van der Waals surface area contributed by atoms with E-state index in [-0.39, 0.29) is 54.0 Å². The topological polar surface area (TPSA) is 102 Å². The molecule has 0 aromatic carbocycles. The molecule has 0 radical (unpaired) electrons. The molecule has 6 nitrogen and oxygen atoms in total. The minimum absolute atomic E-state index is 0.105. The average Bonchev–Trinajstić information content (AvgIpc) is 2.70. The first-order valence-corrected chi connectivity index (χ1v) is 22.5. The van der Waals surface area contributed by atoms with Crippen LogP contribution >= 0.6 is 0 Å². The van der Waals surface area contributed by atoms with Gasteiger partial charge in [-0.25, -0.2) is 0 Å². The van der Waals surface area contributed by atoms with Gasteiger partial charge in [0.2, 0.25) is 0 Å². The van der Waals surface area contributed by atoms with Gasteiger partial charge in [0.1, 0.15) is 0 Å². The van der Waals surface area contributed by atoms with Crippen molar-refractivity contribution < 1.29 is 63.8 Å². The molecule has 0 N–H and O–H groups in total. The normalized spacial score (nSPS) is 13.6. The summed E-state index contributed by atoms with van der Waals surface area (Å²) in [7, 11) is 0. The molecule has 228 valence electrons. The van der Waals surface area contributed by atoms with E-state index in [1.807, 2.05) is 41.5 Å². The molecule has 0 bridgehead atoms. The van der Waals surface area contributed by atoms with Gasteiger partial charge in [-0.3, -0.25) is 0 Å². The molecule has 0 saturated carbocycles. The fraction of sp³-hybridized carbons (Fsp3) is 0.818. The van der Waals surface area contributed by atoms with E-state index in [1.54, 1.807) is 62.3 Å². The first-order valence-electron chi connectivity index (χ1n) is 14.6. The van der Waals surface area contributed by atoms with Crippen LogP contribution in [0.1, 0.15) is 123 Å². The third-order valence-electron chi connectivity index (χ3n) is 8.13. The molecule has 0 aliphatic heterocycles. The van der Waals surface area contributed by atoms with Gasteiger partial charge in [-0.15, -0.1) is 0 Å². The van der Waals surface area contributed by atoms with Gasteiger partial charge in [0.15, 0.2) is 0 Å². The molecule has 40 heavy (non-hydrogen) atoms. The van der Waals surface area contributed by atoms with Crippen molar-refractivity contribution >= 4 is 34.7 Å². The maximum absolute atomic E-state index is 13.4. The zero-order valence-corrected chi connectivity index (χ0v) is 32.0. The number of rotatable bonds is 15. The quantitative estimate of drug-likeness (QED) is 0.164. The molecule has 0 aromatic heterocycles. The summed E-state index contributed by atoms with van der Waals surface area (Å²) >= 11 is -3.11. The zero-order valence-electron chi connectivity index (χ0n) is 28.3. The van der Waals surface area contributed by atoms with E-state index in [0.29, 0.717) is 6.01 Å². The van der Waals surface area contributed by atoms with Crippen molar-refractivity contribution in [2.24, 2.45) is 32.5 Å². The van der Waals surface area contributed by atoms with Crippen LogP contribution in [0.5, 0.6) is 0 Å². The van der Waals surface area contributed by atoms with E-state index >= 15 is 0 Å². The maximum atomic E-state index is 13.4. The SMILES string of the molecule is CC(C)(C)C(=O)CC(=O)C(C)(C)[CH2][Pr]([CH2]C(C)(C)C(=O)CC(=O)C(C)(C)C)[CH2]C(C)(C)C(=O)CC(=O)C(C)(C)C. The minimum atomic E-state index is -3.11. The summed E-state index contributed by atoms with van der Waals surface area (Å²) in [5, 5.41) is 0. The molecular formula is C33H57O6Pr. The van der Waals surface area contributed by atoms with E-state index in [4.69, 9.17) is 0 Å². The Hall–Kier alpha value is -0.616. The average molecular weight is 691 g/mol. The van der Waals surface area contributed by atoms with Crippen LogP contribution in [0.25, 0.3) is 0 Å². The second-order valence-corrected chi connectivity index (χ2v) is 26.4. The fourth-order valence-corrected chi connectivity index (χ4v) is 22.1. The first kappa shape index (κ1) is 39.4. The number of Topliss-reactive ketones (excluding diaryl/α,β-unsaturated/α-hetero) is 6. The second kappa shape index (κ2) is 13.8. The van der Waals surface area contributed by atoms with Crippen molar-refractivity contribution in [2.75, 3.05) is 0 Å².